The van der Waals surface area contributed by atoms with Crippen molar-refractivity contribution in [3.8, 4) is 5.75 Å². The Labute approximate surface area is 110 Å². The van der Waals surface area contributed by atoms with Crippen LogP contribution in [-0.2, 0) is 11.3 Å². The zero-order valence-corrected chi connectivity index (χ0v) is 11.9. The lowest BCUT2D eigenvalue weighted by Crippen LogP contribution is -2.31. The second-order valence-electron chi connectivity index (χ2n) is 4.76. The lowest BCUT2D eigenvalue weighted by atomic mass is 10.2. The molecule has 18 heavy (non-hydrogen) atoms. The molecule has 0 spiro atoms. The molecular weight excluding hydrogens is 226 g/mol. The van der Waals surface area contributed by atoms with Gasteiger partial charge in [0.1, 0.15) is 5.75 Å². The number of hydrogen-bond acceptors (Lipinski definition) is 3. The average Bonchev–Trinajstić information content (AvgIpc) is 2.34. The van der Waals surface area contributed by atoms with Crippen molar-refractivity contribution in [2.24, 2.45) is 0 Å². The van der Waals surface area contributed by atoms with Crippen molar-refractivity contribution in [2.45, 2.75) is 45.9 Å². The van der Waals surface area contributed by atoms with Crippen molar-refractivity contribution < 1.29 is 9.47 Å². The quantitative estimate of drug-likeness (QED) is 0.770. The van der Waals surface area contributed by atoms with E-state index < -0.39 is 0 Å². The van der Waals surface area contributed by atoms with E-state index in [1.807, 2.05) is 26.0 Å². The van der Waals surface area contributed by atoms with Gasteiger partial charge in [-0.1, -0.05) is 19.1 Å². The minimum absolute atomic E-state index is 0.213. The van der Waals surface area contributed by atoms with Crippen molar-refractivity contribution in [3.63, 3.8) is 0 Å². The first-order chi connectivity index (χ1) is 8.65. The fourth-order valence-corrected chi connectivity index (χ4v) is 1.79. The van der Waals surface area contributed by atoms with Gasteiger partial charge in [-0.15, -0.1) is 0 Å². The van der Waals surface area contributed by atoms with Gasteiger partial charge in [0.25, 0.3) is 0 Å². The minimum Gasteiger partial charge on any atom is -0.491 e. The highest BCUT2D eigenvalue weighted by molar-refractivity contribution is 5.28. The molecule has 0 aliphatic heterocycles. The third-order valence-corrected chi connectivity index (χ3v) is 2.73. The highest BCUT2D eigenvalue weighted by atomic mass is 16.5. The molecule has 3 heteroatoms. The van der Waals surface area contributed by atoms with Crippen LogP contribution in [0.5, 0.6) is 5.75 Å². The van der Waals surface area contributed by atoms with Crippen LogP contribution in [0.25, 0.3) is 0 Å². The van der Waals surface area contributed by atoms with Crippen LogP contribution >= 0.6 is 0 Å². The predicted molar refractivity (Wildman–Crippen MR) is 75.0 cm³/mol. The Morgan fingerprint density at radius 1 is 1.28 bits per heavy atom. The molecule has 0 heterocycles. The maximum Gasteiger partial charge on any atom is 0.120 e. The Kier molecular flexibility index (Phi) is 6.76. The maximum absolute atomic E-state index is 5.68. The molecule has 1 unspecified atom stereocenters. The molecule has 0 amide bonds. The highest BCUT2D eigenvalue weighted by Gasteiger charge is 2.05. The Morgan fingerprint density at radius 3 is 2.67 bits per heavy atom. The fraction of sp³-hybridized carbons (Fsp3) is 0.600. The number of ether oxygens (including phenoxy) is 2. The van der Waals surface area contributed by atoms with Crippen LogP contribution in [0, 0.1) is 0 Å². The van der Waals surface area contributed by atoms with Gasteiger partial charge in [-0.25, -0.2) is 0 Å². The summed E-state index contributed by atoms with van der Waals surface area (Å²) in [6, 6.07) is 8.64. The van der Waals surface area contributed by atoms with Crippen LogP contribution in [-0.4, -0.2) is 25.9 Å². The summed E-state index contributed by atoms with van der Waals surface area (Å²) in [5, 5.41) is 3.49. The van der Waals surface area contributed by atoms with E-state index in [-0.39, 0.29) is 6.10 Å². The molecule has 0 aliphatic carbocycles. The Hall–Kier alpha value is -1.06. The second kappa shape index (κ2) is 8.11. The lowest BCUT2D eigenvalue weighted by molar-refractivity contribution is 0.164. The summed E-state index contributed by atoms with van der Waals surface area (Å²) in [5.41, 5.74) is 1.24. The smallest absolute Gasteiger partial charge is 0.120 e. The van der Waals surface area contributed by atoms with Crippen molar-refractivity contribution in [2.75, 3.05) is 13.7 Å². The summed E-state index contributed by atoms with van der Waals surface area (Å²) in [6.07, 6.45) is 1.28. The zero-order chi connectivity index (χ0) is 13.4. The van der Waals surface area contributed by atoms with E-state index in [1.54, 1.807) is 7.11 Å². The number of nitrogens with one attached hydrogen (secondary N) is 1. The summed E-state index contributed by atoms with van der Waals surface area (Å²) >= 11 is 0. The van der Waals surface area contributed by atoms with Crippen LogP contribution in [0.2, 0.25) is 0 Å². The molecular formula is C15H25NO2. The van der Waals surface area contributed by atoms with Gasteiger partial charge in [0.15, 0.2) is 0 Å². The average molecular weight is 251 g/mol. The van der Waals surface area contributed by atoms with E-state index in [1.165, 1.54) is 5.56 Å². The molecule has 1 aromatic rings. The topological polar surface area (TPSA) is 30.5 Å². The molecule has 1 atom stereocenters. The fourth-order valence-electron chi connectivity index (χ4n) is 1.79. The normalized spacial score (nSPS) is 12.7. The van der Waals surface area contributed by atoms with Gasteiger partial charge in [0, 0.05) is 19.7 Å². The Balaban J connectivity index is 2.51. The first kappa shape index (κ1) is 15.0. The molecule has 0 aromatic heterocycles. The van der Waals surface area contributed by atoms with Gasteiger partial charge in [-0.3, -0.25) is 0 Å². The van der Waals surface area contributed by atoms with Crippen LogP contribution < -0.4 is 10.1 Å². The molecule has 1 aromatic carbocycles. The van der Waals surface area contributed by atoms with Crippen LogP contribution in [0.15, 0.2) is 24.3 Å². The van der Waals surface area contributed by atoms with Gasteiger partial charge >= 0.3 is 0 Å². The third-order valence-electron chi connectivity index (χ3n) is 2.73. The molecule has 1 rings (SSSR count). The maximum atomic E-state index is 5.68. The van der Waals surface area contributed by atoms with Gasteiger partial charge < -0.3 is 14.8 Å². The van der Waals surface area contributed by atoms with Gasteiger partial charge in [0.2, 0.25) is 0 Å². The van der Waals surface area contributed by atoms with Gasteiger partial charge in [-0.2, -0.15) is 0 Å². The molecule has 0 radical (unpaired) electrons. The Morgan fingerprint density at radius 2 is 2.06 bits per heavy atom. The molecule has 0 fully saturated rings. The van der Waals surface area contributed by atoms with Crippen molar-refractivity contribution >= 4 is 0 Å². The second-order valence-corrected chi connectivity index (χ2v) is 4.76. The van der Waals surface area contributed by atoms with Crippen LogP contribution in [0.1, 0.15) is 32.8 Å². The largest absolute Gasteiger partial charge is 0.491 e. The molecule has 0 bridgehead atoms. The third kappa shape index (κ3) is 5.52. The number of rotatable bonds is 8. The number of methoxy groups -OCH3 is 1. The van der Waals surface area contributed by atoms with Crippen LogP contribution in [0.3, 0.4) is 0 Å². The summed E-state index contributed by atoms with van der Waals surface area (Å²) in [4.78, 5) is 0. The monoisotopic (exact) mass is 251 g/mol. The summed E-state index contributed by atoms with van der Waals surface area (Å²) < 4.78 is 10.9. The highest BCUT2D eigenvalue weighted by Crippen LogP contribution is 2.15. The minimum atomic E-state index is 0.213. The van der Waals surface area contributed by atoms with E-state index in [0.717, 1.165) is 25.3 Å². The Bertz CT molecular complexity index is 339. The van der Waals surface area contributed by atoms with Crippen molar-refractivity contribution in [3.05, 3.63) is 29.8 Å². The summed E-state index contributed by atoms with van der Waals surface area (Å²) in [5.74, 6) is 0.934. The molecule has 3 nitrogen and oxygen atoms in total. The molecule has 0 saturated carbocycles. The molecule has 1 N–H and O–H groups in total. The summed E-state index contributed by atoms with van der Waals surface area (Å²) in [6.45, 7) is 7.83. The van der Waals surface area contributed by atoms with Crippen LogP contribution in [0.4, 0.5) is 0 Å². The molecule has 0 aliphatic rings. The van der Waals surface area contributed by atoms with E-state index in [2.05, 4.69) is 24.4 Å². The SMILES string of the molecule is CCC(COC)NCc1cccc(OC(C)C)c1. The summed E-state index contributed by atoms with van der Waals surface area (Å²) in [7, 11) is 1.74. The van der Waals surface area contributed by atoms with Gasteiger partial charge in [0.05, 0.1) is 12.7 Å². The lowest BCUT2D eigenvalue weighted by Gasteiger charge is -2.16. The predicted octanol–water partition coefficient (Wildman–Crippen LogP) is 2.99. The van der Waals surface area contributed by atoms with E-state index >= 15 is 0 Å². The first-order valence-corrected chi connectivity index (χ1v) is 6.63. The van der Waals surface area contributed by atoms with Crippen molar-refractivity contribution in [1.82, 2.24) is 5.32 Å². The number of hydrogen-bond donors (Lipinski definition) is 1. The standard InChI is InChI=1S/C15H25NO2/c1-5-14(11-17-4)16-10-13-7-6-8-15(9-13)18-12(2)3/h6-9,12,14,16H,5,10-11H2,1-4H3. The van der Waals surface area contributed by atoms with Gasteiger partial charge in [-0.05, 0) is 38.0 Å². The van der Waals surface area contributed by atoms with E-state index in [0.29, 0.717) is 6.04 Å². The molecule has 0 saturated heterocycles. The first-order valence-electron chi connectivity index (χ1n) is 6.63. The van der Waals surface area contributed by atoms with Crippen molar-refractivity contribution in [1.29, 1.82) is 0 Å². The number of benzene rings is 1. The van der Waals surface area contributed by atoms with E-state index in [9.17, 15) is 0 Å². The molecule has 102 valence electrons. The zero-order valence-electron chi connectivity index (χ0n) is 11.9. The van der Waals surface area contributed by atoms with E-state index in [4.69, 9.17) is 9.47 Å².